The highest BCUT2D eigenvalue weighted by atomic mass is 127. The van der Waals surface area contributed by atoms with Gasteiger partial charge in [0.25, 0.3) is 0 Å². The Hall–Kier alpha value is -1.02. The normalized spacial score (nSPS) is 11.9. The highest BCUT2D eigenvalue weighted by molar-refractivity contribution is 14.0. The molecule has 0 saturated carbocycles. The Balaban J connectivity index is 0.00000529. The van der Waals surface area contributed by atoms with Crippen LogP contribution in [0.3, 0.4) is 0 Å². The van der Waals surface area contributed by atoms with Gasteiger partial charge in [0.15, 0.2) is 5.96 Å². The first-order chi connectivity index (χ1) is 10.9. The number of methoxy groups -OCH3 is 1. The van der Waals surface area contributed by atoms with Gasteiger partial charge in [-0.1, -0.05) is 26.0 Å². The molecule has 0 unspecified atom stereocenters. The number of benzene rings is 1. The average Bonchev–Trinajstić information content (AvgIpc) is 2.50. The molecule has 24 heavy (non-hydrogen) atoms. The lowest BCUT2D eigenvalue weighted by molar-refractivity contribution is 0.241. The van der Waals surface area contributed by atoms with Gasteiger partial charge in [0.1, 0.15) is 5.75 Å². The quantitative estimate of drug-likeness (QED) is 0.365. The van der Waals surface area contributed by atoms with Gasteiger partial charge in [-0.15, -0.1) is 24.0 Å². The van der Waals surface area contributed by atoms with Crippen molar-refractivity contribution in [2.75, 3.05) is 47.9 Å². The lowest BCUT2D eigenvalue weighted by Gasteiger charge is -2.29. The molecule has 0 saturated heterocycles. The Morgan fingerprint density at radius 2 is 1.79 bits per heavy atom. The summed E-state index contributed by atoms with van der Waals surface area (Å²) in [4.78, 5) is 6.50. The number of hydrogen-bond donors (Lipinski definition) is 2. The van der Waals surface area contributed by atoms with Crippen molar-refractivity contribution in [3.63, 3.8) is 0 Å². The van der Waals surface area contributed by atoms with Gasteiger partial charge in [0.2, 0.25) is 0 Å². The molecule has 0 aliphatic rings. The molecule has 0 spiro atoms. The summed E-state index contributed by atoms with van der Waals surface area (Å²) in [7, 11) is 7.69. The number of ether oxygens (including phenoxy) is 1. The van der Waals surface area contributed by atoms with Crippen molar-refractivity contribution in [1.29, 1.82) is 0 Å². The first-order valence-corrected chi connectivity index (χ1v) is 8.08. The highest BCUT2D eigenvalue weighted by Crippen LogP contribution is 2.14. The molecule has 1 aromatic rings. The molecule has 1 aromatic carbocycles. The summed E-state index contributed by atoms with van der Waals surface area (Å²) in [5.41, 5.74) is 1.47. The zero-order valence-corrected chi connectivity index (χ0v) is 18.2. The van der Waals surface area contributed by atoms with Crippen LogP contribution in [0.5, 0.6) is 5.75 Å². The molecule has 0 aromatic heterocycles. The second-order valence-electron chi connectivity index (χ2n) is 6.85. The molecule has 0 heterocycles. The lowest BCUT2D eigenvalue weighted by atomic mass is 9.93. The average molecular weight is 448 g/mol. The predicted octanol–water partition coefficient (Wildman–Crippen LogP) is 2.61. The second kappa shape index (κ2) is 11.5. The van der Waals surface area contributed by atoms with Crippen molar-refractivity contribution in [3.05, 3.63) is 29.8 Å². The summed E-state index contributed by atoms with van der Waals surface area (Å²) >= 11 is 0. The van der Waals surface area contributed by atoms with Crippen molar-refractivity contribution in [2.24, 2.45) is 10.4 Å². The summed E-state index contributed by atoms with van der Waals surface area (Å²) in [5, 5.41) is 6.78. The minimum Gasteiger partial charge on any atom is -0.497 e. The summed E-state index contributed by atoms with van der Waals surface area (Å²) in [6.07, 6.45) is 0.950. The standard InChI is InChI=1S/C18H32N4O.HI/c1-18(2,14-22(4)5)13-21-17(19-3)20-12-11-15-7-9-16(23-6)10-8-15;/h7-10H,11-14H2,1-6H3,(H2,19,20,21);1H. The number of rotatable bonds is 8. The fourth-order valence-electron chi connectivity index (χ4n) is 2.57. The van der Waals surface area contributed by atoms with E-state index in [1.54, 1.807) is 7.11 Å². The zero-order valence-electron chi connectivity index (χ0n) is 15.8. The van der Waals surface area contributed by atoms with E-state index in [1.807, 2.05) is 19.2 Å². The van der Waals surface area contributed by atoms with Gasteiger partial charge >= 0.3 is 0 Å². The van der Waals surface area contributed by atoms with E-state index in [-0.39, 0.29) is 29.4 Å². The van der Waals surface area contributed by atoms with E-state index >= 15 is 0 Å². The van der Waals surface area contributed by atoms with Gasteiger partial charge in [0, 0.05) is 26.7 Å². The maximum atomic E-state index is 5.17. The molecule has 0 aliphatic carbocycles. The van der Waals surface area contributed by atoms with Crippen molar-refractivity contribution in [2.45, 2.75) is 20.3 Å². The first kappa shape index (κ1) is 23.0. The van der Waals surface area contributed by atoms with Crippen LogP contribution in [-0.2, 0) is 6.42 Å². The van der Waals surface area contributed by atoms with Crippen LogP contribution in [0, 0.1) is 5.41 Å². The Morgan fingerprint density at radius 3 is 2.29 bits per heavy atom. The van der Waals surface area contributed by atoms with Crippen molar-refractivity contribution >= 4 is 29.9 Å². The Labute approximate surface area is 164 Å². The summed E-state index contributed by atoms with van der Waals surface area (Å²) in [6, 6.07) is 8.17. The van der Waals surface area contributed by atoms with Gasteiger partial charge in [-0.25, -0.2) is 0 Å². The number of hydrogen-bond acceptors (Lipinski definition) is 3. The number of nitrogens with one attached hydrogen (secondary N) is 2. The van der Waals surface area contributed by atoms with Gasteiger partial charge in [-0.3, -0.25) is 4.99 Å². The first-order valence-electron chi connectivity index (χ1n) is 8.08. The van der Waals surface area contributed by atoms with Gasteiger partial charge in [0.05, 0.1) is 7.11 Å². The number of nitrogens with zero attached hydrogens (tertiary/aromatic N) is 2. The summed E-state index contributed by atoms with van der Waals surface area (Å²) < 4.78 is 5.17. The molecule has 0 aliphatic heterocycles. The molecule has 0 amide bonds. The third-order valence-electron chi connectivity index (χ3n) is 3.57. The number of guanidine groups is 1. The van der Waals surface area contributed by atoms with E-state index in [2.05, 4.69) is 60.6 Å². The third-order valence-corrected chi connectivity index (χ3v) is 3.57. The van der Waals surface area contributed by atoms with Crippen LogP contribution in [0.1, 0.15) is 19.4 Å². The molecular weight excluding hydrogens is 415 g/mol. The lowest BCUT2D eigenvalue weighted by Crippen LogP contribution is -2.45. The summed E-state index contributed by atoms with van der Waals surface area (Å²) in [5.74, 6) is 1.74. The Morgan fingerprint density at radius 1 is 1.17 bits per heavy atom. The molecule has 6 heteroatoms. The monoisotopic (exact) mass is 448 g/mol. The molecule has 0 radical (unpaired) electrons. The molecule has 5 nitrogen and oxygen atoms in total. The van der Waals surface area contributed by atoms with E-state index in [9.17, 15) is 0 Å². The van der Waals surface area contributed by atoms with Crippen LogP contribution >= 0.6 is 24.0 Å². The van der Waals surface area contributed by atoms with E-state index in [4.69, 9.17) is 4.74 Å². The van der Waals surface area contributed by atoms with Crippen molar-refractivity contribution in [3.8, 4) is 5.75 Å². The van der Waals surface area contributed by atoms with Gasteiger partial charge in [-0.2, -0.15) is 0 Å². The minimum atomic E-state index is 0. The fourth-order valence-corrected chi connectivity index (χ4v) is 2.57. The molecule has 0 bridgehead atoms. The molecule has 0 fully saturated rings. The molecule has 2 N–H and O–H groups in total. The maximum Gasteiger partial charge on any atom is 0.191 e. The molecule has 1 rings (SSSR count). The van der Waals surface area contributed by atoms with Crippen molar-refractivity contribution < 1.29 is 4.74 Å². The Kier molecular flexibility index (Phi) is 11.0. The number of halogens is 1. The fraction of sp³-hybridized carbons (Fsp3) is 0.611. The smallest absolute Gasteiger partial charge is 0.191 e. The molecule has 138 valence electrons. The topological polar surface area (TPSA) is 48.9 Å². The molecule has 0 atom stereocenters. The van der Waals surface area contributed by atoms with Gasteiger partial charge < -0.3 is 20.3 Å². The Bertz CT molecular complexity index is 486. The van der Waals surface area contributed by atoms with E-state index in [0.717, 1.165) is 37.8 Å². The zero-order chi connectivity index (χ0) is 17.3. The largest absolute Gasteiger partial charge is 0.497 e. The van der Waals surface area contributed by atoms with Crippen LogP contribution < -0.4 is 15.4 Å². The third kappa shape index (κ3) is 9.32. The van der Waals surface area contributed by atoms with Crippen LogP contribution in [0.25, 0.3) is 0 Å². The minimum absolute atomic E-state index is 0. The van der Waals surface area contributed by atoms with Crippen LogP contribution in [-0.4, -0.2) is 58.7 Å². The van der Waals surface area contributed by atoms with Crippen LogP contribution in [0.2, 0.25) is 0 Å². The van der Waals surface area contributed by atoms with Crippen LogP contribution in [0.4, 0.5) is 0 Å². The predicted molar refractivity (Wildman–Crippen MR) is 114 cm³/mol. The molecular formula is C18H33IN4O. The summed E-state index contributed by atoms with van der Waals surface area (Å²) in [6.45, 7) is 7.27. The van der Waals surface area contributed by atoms with Gasteiger partial charge in [-0.05, 0) is 43.6 Å². The van der Waals surface area contributed by atoms with E-state index < -0.39 is 0 Å². The number of aliphatic imine (C=N–C) groups is 1. The highest BCUT2D eigenvalue weighted by Gasteiger charge is 2.19. The van der Waals surface area contributed by atoms with Crippen LogP contribution in [0.15, 0.2) is 29.3 Å². The van der Waals surface area contributed by atoms with E-state index in [1.165, 1.54) is 5.56 Å². The van der Waals surface area contributed by atoms with E-state index in [0.29, 0.717) is 0 Å². The SMILES string of the molecule is CN=C(NCCc1ccc(OC)cc1)NCC(C)(C)CN(C)C.I. The van der Waals surface area contributed by atoms with Crippen molar-refractivity contribution in [1.82, 2.24) is 15.5 Å². The maximum absolute atomic E-state index is 5.17. The second-order valence-corrected chi connectivity index (χ2v) is 6.85.